The summed E-state index contributed by atoms with van der Waals surface area (Å²) in [6.07, 6.45) is 1.57. The summed E-state index contributed by atoms with van der Waals surface area (Å²) in [6, 6.07) is 10.0. The molecule has 0 saturated carbocycles. The van der Waals surface area contributed by atoms with E-state index in [1.165, 1.54) is 16.2 Å². The van der Waals surface area contributed by atoms with Crippen molar-refractivity contribution in [3.8, 4) is 5.75 Å². The first kappa shape index (κ1) is 21.8. The lowest BCUT2D eigenvalue weighted by atomic mass is 10.1. The Morgan fingerprint density at radius 3 is 2.61 bits per heavy atom. The van der Waals surface area contributed by atoms with Crippen LogP contribution in [-0.4, -0.2) is 60.5 Å². The summed E-state index contributed by atoms with van der Waals surface area (Å²) in [5.41, 5.74) is 1.16. The minimum atomic E-state index is -0.477. The molecule has 0 radical (unpaired) electrons. The van der Waals surface area contributed by atoms with Crippen molar-refractivity contribution < 1.29 is 23.9 Å². The van der Waals surface area contributed by atoms with Gasteiger partial charge in [-0.25, -0.2) is 4.98 Å². The molecule has 1 saturated heterocycles. The van der Waals surface area contributed by atoms with Crippen molar-refractivity contribution in [2.24, 2.45) is 0 Å². The molecule has 0 aliphatic carbocycles. The molecule has 3 heterocycles. The monoisotopic (exact) mass is 485 g/mol. The molecule has 5 rings (SSSR count). The van der Waals surface area contributed by atoms with Crippen molar-refractivity contribution in [1.82, 2.24) is 9.88 Å². The van der Waals surface area contributed by atoms with E-state index >= 15 is 0 Å². The van der Waals surface area contributed by atoms with Gasteiger partial charge in [-0.3, -0.25) is 24.2 Å². The first-order chi connectivity index (χ1) is 16.0. The fraction of sp³-hybridized carbons (Fsp3) is 0.304. The number of hydrogen-bond acceptors (Lipinski definition) is 7. The maximum Gasteiger partial charge on any atom is 0.262 e. The second-order valence-electron chi connectivity index (χ2n) is 7.81. The van der Waals surface area contributed by atoms with Crippen LogP contribution in [0.1, 0.15) is 33.6 Å². The van der Waals surface area contributed by atoms with Gasteiger partial charge in [0.25, 0.3) is 11.8 Å². The number of aromatic nitrogens is 1. The molecule has 2 aliphatic heterocycles. The van der Waals surface area contributed by atoms with Crippen molar-refractivity contribution in [2.75, 3.05) is 31.7 Å². The molecule has 1 unspecified atom stereocenters. The molecule has 1 atom stereocenters. The maximum absolute atomic E-state index is 13.5. The first-order valence-electron chi connectivity index (χ1n) is 10.5. The van der Waals surface area contributed by atoms with Crippen LogP contribution < -0.4 is 9.64 Å². The molecule has 3 amide bonds. The van der Waals surface area contributed by atoms with Crippen LogP contribution >= 0.6 is 22.9 Å². The van der Waals surface area contributed by atoms with E-state index < -0.39 is 17.7 Å². The molecule has 8 nitrogen and oxygen atoms in total. The third kappa shape index (κ3) is 3.86. The lowest BCUT2D eigenvalue weighted by molar-refractivity contribution is -0.119. The summed E-state index contributed by atoms with van der Waals surface area (Å²) in [6.45, 7) is 0.506. The minimum absolute atomic E-state index is 0.152. The van der Waals surface area contributed by atoms with E-state index in [0.29, 0.717) is 43.9 Å². The average molecular weight is 486 g/mol. The first-order valence-corrected chi connectivity index (χ1v) is 11.7. The molecule has 10 heteroatoms. The Bertz CT molecular complexity index is 1240. The molecule has 170 valence electrons. The number of carbonyl (C=O) groups is 3. The van der Waals surface area contributed by atoms with Gasteiger partial charge in [-0.05, 0) is 37.1 Å². The van der Waals surface area contributed by atoms with Crippen LogP contribution in [0, 0.1) is 0 Å². The minimum Gasteiger partial charge on any atom is -0.494 e. The fourth-order valence-electron chi connectivity index (χ4n) is 4.10. The van der Waals surface area contributed by atoms with Crippen molar-refractivity contribution >= 4 is 56.0 Å². The topological polar surface area (TPSA) is 89.0 Å². The van der Waals surface area contributed by atoms with Gasteiger partial charge in [0, 0.05) is 6.61 Å². The van der Waals surface area contributed by atoms with Gasteiger partial charge in [0.1, 0.15) is 17.8 Å². The van der Waals surface area contributed by atoms with Gasteiger partial charge in [-0.1, -0.05) is 35.1 Å². The molecule has 33 heavy (non-hydrogen) atoms. The highest BCUT2D eigenvalue weighted by Gasteiger charge is 2.38. The van der Waals surface area contributed by atoms with Crippen LogP contribution in [0.5, 0.6) is 5.75 Å². The highest BCUT2D eigenvalue weighted by Crippen LogP contribution is 2.39. The summed E-state index contributed by atoms with van der Waals surface area (Å²) in [4.78, 5) is 46.1. The van der Waals surface area contributed by atoms with Crippen LogP contribution in [0.25, 0.3) is 10.2 Å². The summed E-state index contributed by atoms with van der Waals surface area (Å²) in [5, 5.41) is 0.910. The smallest absolute Gasteiger partial charge is 0.262 e. The molecular weight excluding hydrogens is 466 g/mol. The predicted molar refractivity (Wildman–Crippen MR) is 124 cm³/mol. The third-order valence-corrected chi connectivity index (χ3v) is 7.32. The molecular formula is C23H20ClN3O5S. The van der Waals surface area contributed by atoms with Gasteiger partial charge in [0.2, 0.25) is 5.91 Å². The van der Waals surface area contributed by atoms with Crippen molar-refractivity contribution in [1.29, 1.82) is 0 Å². The van der Waals surface area contributed by atoms with E-state index in [-0.39, 0.29) is 19.2 Å². The number of nitrogens with zero attached hydrogens (tertiary/aromatic N) is 3. The normalized spacial score (nSPS) is 17.6. The van der Waals surface area contributed by atoms with E-state index in [1.807, 2.05) is 0 Å². The number of methoxy groups -OCH3 is 1. The molecule has 1 aromatic heterocycles. The molecule has 0 N–H and O–H groups in total. The number of fused-ring (bicyclic) bond motifs is 2. The average Bonchev–Trinajstić information content (AvgIpc) is 3.55. The van der Waals surface area contributed by atoms with E-state index in [9.17, 15) is 14.4 Å². The van der Waals surface area contributed by atoms with Crippen molar-refractivity contribution in [3.63, 3.8) is 0 Å². The summed E-state index contributed by atoms with van der Waals surface area (Å²) in [5.74, 6) is -0.832. The second kappa shape index (κ2) is 8.74. The molecule has 2 aromatic carbocycles. The number of imide groups is 1. The number of halogens is 1. The number of thiazole rings is 1. The highest BCUT2D eigenvalue weighted by molar-refractivity contribution is 7.23. The second-order valence-corrected chi connectivity index (χ2v) is 9.19. The van der Waals surface area contributed by atoms with Gasteiger partial charge in [0.05, 0.1) is 40.6 Å². The summed E-state index contributed by atoms with van der Waals surface area (Å²) in [7, 11) is 1.54. The SMILES string of the molecule is COc1ccc(Cl)c2sc(N(CC3CCCO3)C(=O)CN3C(=O)c4ccccc4C3=O)nc12. The Hall–Kier alpha value is -3.01. The molecule has 3 aromatic rings. The Balaban J connectivity index is 1.48. The van der Waals surface area contributed by atoms with Crippen LogP contribution in [0.15, 0.2) is 36.4 Å². The number of carbonyl (C=O) groups excluding carboxylic acids is 3. The van der Waals surface area contributed by atoms with Crippen molar-refractivity contribution in [2.45, 2.75) is 18.9 Å². The van der Waals surface area contributed by atoms with Gasteiger partial charge in [0.15, 0.2) is 5.13 Å². The van der Waals surface area contributed by atoms with Crippen molar-refractivity contribution in [3.05, 3.63) is 52.5 Å². The standard InChI is InChI=1S/C23H20ClN3O5S/c1-31-17-9-8-16(24)20-19(17)25-23(33-20)26(11-13-5-4-10-32-13)18(28)12-27-21(29)14-6-2-3-7-15(14)22(27)30/h2-3,6-9,13H,4-5,10-12H2,1H3. The number of hydrogen-bond donors (Lipinski definition) is 0. The third-order valence-electron chi connectivity index (χ3n) is 5.78. The van der Waals surface area contributed by atoms with E-state index in [1.54, 1.807) is 43.5 Å². The number of benzene rings is 2. The quantitative estimate of drug-likeness (QED) is 0.494. The van der Waals surface area contributed by atoms with E-state index in [4.69, 9.17) is 21.1 Å². The zero-order chi connectivity index (χ0) is 23.1. The Labute approximate surface area is 198 Å². The van der Waals surface area contributed by atoms with Crippen LogP contribution in [-0.2, 0) is 9.53 Å². The van der Waals surface area contributed by atoms with Crippen LogP contribution in [0.3, 0.4) is 0 Å². The summed E-state index contributed by atoms with van der Waals surface area (Å²) >= 11 is 7.63. The number of anilines is 1. The van der Waals surface area contributed by atoms with Gasteiger partial charge in [-0.2, -0.15) is 0 Å². The Morgan fingerprint density at radius 1 is 1.24 bits per heavy atom. The predicted octanol–water partition coefficient (Wildman–Crippen LogP) is 3.77. The van der Waals surface area contributed by atoms with Gasteiger partial charge >= 0.3 is 0 Å². The number of ether oxygens (including phenoxy) is 2. The van der Waals surface area contributed by atoms with E-state index in [2.05, 4.69) is 4.98 Å². The fourth-order valence-corrected chi connectivity index (χ4v) is 5.39. The zero-order valence-electron chi connectivity index (χ0n) is 17.7. The lowest BCUT2D eigenvalue weighted by Gasteiger charge is -2.25. The zero-order valence-corrected chi connectivity index (χ0v) is 19.3. The summed E-state index contributed by atoms with van der Waals surface area (Å²) < 4.78 is 11.8. The van der Waals surface area contributed by atoms with Gasteiger partial charge in [-0.15, -0.1) is 0 Å². The number of rotatable bonds is 6. The largest absolute Gasteiger partial charge is 0.494 e. The lowest BCUT2D eigenvalue weighted by Crippen LogP contribution is -2.45. The molecule has 1 fully saturated rings. The van der Waals surface area contributed by atoms with E-state index in [0.717, 1.165) is 17.7 Å². The maximum atomic E-state index is 13.5. The Morgan fingerprint density at radius 2 is 1.97 bits per heavy atom. The molecule has 2 aliphatic rings. The van der Waals surface area contributed by atoms with Gasteiger partial charge < -0.3 is 9.47 Å². The Kier molecular flexibility index (Phi) is 5.77. The molecule has 0 spiro atoms. The number of amides is 3. The van der Waals surface area contributed by atoms with Crippen LogP contribution in [0.2, 0.25) is 5.02 Å². The highest BCUT2D eigenvalue weighted by atomic mass is 35.5. The molecule has 0 bridgehead atoms. The van der Waals surface area contributed by atoms with Crippen LogP contribution in [0.4, 0.5) is 5.13 Å².